The highest BCUT2D eigenvalue weighted by Gasteiger charge is 2.32. The predicted octanol–water partition coefficient (Wildman–Crippen LogP) is 3.22. The molecule has 1 aromatic heterocycles. The van der Waals surface area contributed by atoms with Crippen LogP contribution in [0.15, 0.2) is 22.8 Å². The van der Waals surface area contributed by atoms with Gasteiger partial charge < -0.3 is 14.5 Å². The average Bonchev–Trinajstić information content (AvgIpc) is 2.94. The number of nitrogens with one attached hydrogen (secondary N) is 1. The van der Waals surface area contributed by atoms with Crippen LogP contribution in [0.5, 0.6) is 0 Å². The molecule has 2 rings (SSSR count). The van der Waals surface area contributed by atoms with Gasteiger partial charge in [0.2, 0.25) is 5.91 Å². The third kappa shape index (κ3) is 5.75. The Morgan fingerprint density at radius 2 is 2.38 bits per heavy atom. The van der Waals surface area contributed by atoms with Crippen molar-refractivity contribution in [3.63, 3.8) is 0 Å². The zero-order valence-electron chi connectivity index (χ0n) is 12.9. The van der Waals surface area contributed by atoms with Crippen molar-refractivity contribution in [1.82, 2.24) is 5.32 Å². The molecule has 1 aliphatic heterocycles. The lowest BCUT2D eigenvalue weighted by molar-refractivity contribution is -0.135. The molecular formula is C16H25NO3S. The number of rotatable bonds is 7. The van der Waals surface area contributed by atoms with Crippen LogP contribution < -0.4 is 5.32 Å². The molecule has 118 valence electrons. The molecule has 4 nitrogen and oxygen atoms in total. The topological polar surface area (TPSA) is 51.5 Å². The van der Waals surface area contributed by atoms with Crippen LogP contribution in [0.4, 0.5) is 0 Å². The molecule has 0 unspecified atom stereocenters. The van der Waals surface area contributed by atoms with E-state index >= 15 is 0 Å². The molecule has 0 aliphatic carbocycles. The first-order valence-electron chi connectivity index (χ1n) is 7.59. The summed E-state index contributed by atoms with van der Waals surface area (Å²) in [6.07, 6.45) is 4.34. The van der Waals surface area contributed by atoms with E-state index in [1.54, 1.807) is 6.26 Å². The fourth-order valence-electron chi connectivity index (χ4n) is 2.55. The summed E-state index contributed by atoms with van der Waals surface area (Å²) in [5.74, 6) is 3.22. The van der Waals surface area contributed by atoms with Crippen molar-refractivity contribution in [1.29, 1.82) is 0 Å². The Morgan fingerprint density at radius 1 is 1.52 bits per heavy atom. The zero-order valence-corrected chi connectivity index (χ0v) is 13.7. The Kier molecular flexibility index (Phi) is 6.18. The van der Waals surface area contributed by atoms with E-state index in [2.05, 4.69) is 19.2 Å². The fourth-order valence-corrected chi connectivity index (χ4v) is 3.41. The maximum atomic E-state index is 12.1. The molecule has 0 radical (unpaired) electrons. The van der Waals surface area contributed by atoms with E-state index in [0.29, 0.717) is 6.61 Å². The monoisotopic (exact) mass is 311 g/mol. The van der Waals surface area contributed by atoms with E-state index in [9.17, 15) is 4.79 Å². The molecule has 1 amide bonds. The number of hydrogen-bond donors (Lipinski definition) is 1. The van der Waals surface area contributed by atoms with E-state index in [1.807, 2.05) is 23.9 Å². The summed E-state index contributed by atoms with van der Waals surface area (Å²) in [5, 5.41) is 3.05. The Bertz CT molecular complexity index is 431. The Hall–Kier alpha value is -0.940. The second-order valence-corrected chi connectivity index (χ2v) is 7.18. The van der Waals surface area contributed by atoms with Gasteiger partial charge in [-0.2, -0.15) is 11.8 Å². The smallest absolute Gasteiger partial charge is 0.223 e. The van der Waals surface area contributed by atoms with Crippen molar-refractivity contribution >= 4 is 17.7 Å². The van der Waals surface area contributed by atoms with Gasteiger partial charge in [0.25, 0.3) is 0 Å². The summed E-state index contributed by atoms with van der Waals surface area (Å²) in [6.45, 7) is 5.54. The number of carbonyl (C=O) groups excluding carboxylic acids is 1. The Labute approximate surface area is 131 Å². The molecule has 0 spiro atoms. The van der Waals surface area contributed by atoms with Gasteiger partial charge in [-0.3, -0.25) is 4.79 Å². The summed E-state index contributed by atoms with van der Waals surface area (Å²) in [6, 6.07) is 3.90. The van der Waals surface area contributed by atoms with Gasteiger partial charge in [-0.05, 0) is 51.0 Å². The molecule has 0 bridgehead atoms. The van der Waals surface area contributed by atoms with Gasteiger partial charge in [0.1, 0.15) is 5.76 Å². The highest BCUT2D eigenvalue weighted by Crippen LogP contribution is 2.28. The van der Waals surface area contributed by atoms with Gasteiger partial charge in [-0.1, -0.05) is 0 Å². The third-order valence-electron chi connectivity index (χ3n) is 3.66. The van der Waals surface area contributed by atoms with Crippen molar-refractivity contribution in [3.05, 3.63) is 24.2 Å². The number of amides is 1. The van der Waals surface area contributed by atoms with Crippen LogP contribution in [0.1, 0.15) is 38.9 Å². The highest BCUT2D eigenvalue weighted by atomic mass is 32.2. The minimum atomic E-state index is -0.168. The lowest BCUT2D eigenvalue weighted by atomic mass is 9.88. The highest BCUT2D eigenvalue weighted by molar-refractivity contribution is 7.98. The molecular weight excluding hydrogens is 286 g/mol. The van der Waals surface area contributed by atoms with Crippen LogP contribution in [0, 0.1) is 5.92 Å². The van der Waals surface area contributed by atoms with E-state index in [1.165, 1.54) is 0 Å². The summed E-state index contributed by atoms with van der Waals surface area (Å²) in [4.78, 5) is 12.1. The number of ether oxygens (including phenoxy) is 1. The molecule has 1 N–H and O–H groups in total. The maximum absolute atomic E-state index is 12.1. The van der Waals surface area contributed by atoms with E-state index in [0.717, 1.165) is 43.1 Å². The van der Waals surface area contributed by atoms with E-state index in [-0.39, 0.29) is 17.4 Å². The largest absolute Gasteiger partial charge is 0.468 e. The second kappa shape index (κ2) is 7.90. The van der Waals surface area contributed by atoms with Gasteiger partial charge in [-0.15, -0.1) is 0 Å². The quantitative estimate of drug-likeness (QED) is 0.786. The molecule has 1 aliphatic rings. The molecule has 5 heteroatoms. The Morgan fingerprint density at radius 3 is 3.10 bits per heavy atom. The predicted molar refractivity (Wildman–Crippen MR) is 85.3 cm³/mol. The number of hydrogen-bond acceptors (Lipinski definition) is 4. The van der Waals surface area contributed by atoms with Crippen LogP contribution in [-0.4, -0.2) is 30.4 Å². The first-order chi connectivity index (χ1) is 10.1. The van der Waals surface area contributed by atoms with Crippen LogP contribution in [-0.2, 0) is 15.3 Å². The first-order valence-corrected chi connectivity index (χ1v) is 8.74. The molecule has 1 atom stereocenters. The molecule has 0 aromatic carbocycles. The average molecular weight is 311 g/mol. The third-order valence-corrected chi connectivity index (χ3v) is 4.72. The lowest BCUT2D eigenvalue weighted by Crippen LogP contribution is -2.41. The minimum absolute atomic E-state index is 0.101. The lowest BCUT2D eigenvalue weighted by Gasteiger charge is -2.34. The van der Waals surface area contributed by atoms with Crippen molar-refractivity contribution in [2.75, 3.05) is 18.9 Å². The van der Waals surface area contributed by atoms with Gasteiger partial charge >= 0.3 is 0 Å². The van der Waals surface area contributed by atoms with Crippen molar-refractivity contribution in [2.24, 2.45) is 5.92 Å². The molecule has 21 heavy (non-hydrogen) atoms. The number of furan rings is 1. The first kappa shape index (κ1) is 16.4. The van der Waals surface area contributed by atoms with Crippen molar-refractivity contribution in [3.8, 4) is 0 Å². The van der Waals surface area contributed by atoms with E-state index < -0.39 is 0 Å². The summed E-state index contributed by atoms with van der Waals surface area (Å²) in [7, 11) is 0. The summed E-state index contributed by atoms with van der Waals surface area (Å²) in [5.41, 5.74) is -0.168. The standard InChI is InChI=1S/C16H25NO3S/c1-16(2)11-13(6-9-20-16)15(18)17-7-4-10-21-12-14-5-3-8-19-14/h3,5,8,13H,4,6-7,9-12H2,1-2H3,(H,17,18)/t13-/m1/s1. The van der Waals surface area contributed by atoms with Gasteiger partial charge in [-0.25, -0.2) is 0 Å². The van der Waals surface area contributed by atoms with E-state index in [4.69, 9.17) is 9.15 Å². The second-order valence-electron chi connectivity index (χ2n) is 6.07. The van der Waals surface area contributed by atoms with Gasteiger partial charge in [0.15, 0.2) is 0 Å². The van der Waals surface area contributed by atoms with Gasteiger partial charge in [0, 0.05) is 19.1 Å². The summed E-state index contributed by atoms with van der Waals surface area (Å²) >= 11 is 1.83. The zero-order chi connectivity index (χ0) is 15.1. The van der Waals surface area contributed by atoms with Crippen molar-refractivity contribution < 1.29 is 13.9 Å². The SMILES string of the molecule is CC1(C)C[C@H](C(=O)NCCCSCc2ccco2)CCO1. The van der Waals surface area contributed by atoms with Crippen LogP contribution >= 0.6 is 11.8 Å². The van der Waals surface area contributed by atoms with Gasteiger partial charge in [0.05, 0.1) is 17.6 Å². The van der Waals surface area contributed by atoms with Crippen LogP contribution in [0.25, 0.3) is 0 Å². The van der Waals surface area contributed by atoms with Crippen LogP contribution in [0.2, 0.25) is 0 Å². The van der Waals surface area contributed by atoms with Crippen LogP contribution in [0.3, 0.4) is 0 Å². The summed E-state index contributed by atoms with van der Waals surface area (Å²) < 4.78 is 10.9. The molecule has 0 saturated carbocycles. The normalized spacial score (nSPS) is 21.1. The minimum Gasteiger partial charge on any atom is -0.468 e. The molecule has 1 aromatic rings. The molecule has 2 heterocycles. The Balaban J connectivity index is 1.55. The molecule has 1 fully saturated rings. The van der Waals surface area contributed by atoms with Crippen molar-refractivity contribution in [2.45, 2.75) is 44.5 Å². The number of thioether (sulfide) groups is 1. The molecule has 1 saturated heterocycles. The fraction of sp³-hybridized carbons (Fsp3) is 0.688. The number of carbonyl (C=O) groups is 1. The maximum Gasteiger partial charge on any atom is 0.223 e.